The lowest BCUT2D eigenvalue weighted by Crippen LogP contribution is -2.30. The molecule has 2 rings (SSSR count). The minimum absolute atomic E-state index is 0.208. The van der Waals surface area contributed by atoms with E-state index >= 15 is 0 Å². The first-order chi connectivity index (χ1) is 15.4. The lowest BCUT2D eigenvalue weighted by atomic mass is 10.2. The normalized spacial score (nSPS) is 10.2. The standard InChI is InChI=1S/C23H26ClNO7/c1-3-30-22(27)5-4-12-25-21(26)15-32-23(28)17-8-11-19(20(13-17)29-2)31-14-16-6-9-18(24)10-7-16/h6-11,13H,3-5,12,14-15H2,1-2H3,(H,25,26). The van der Waals surface area contributed by atoms with E-state index in [-0.39, 0.29) is 24.5 Å². The average Bonchev–Trinajstić information content (AvgIpc) is 2.80. The fourth-order valence-corrected chi connectivity index (χ4v) is 2.74. The second-order valence-electron chi connectivity index (χ2n) is 6.62. The Kier molecular flexibility index (Phi) is 10.3. The van der Waals surface area contributed by atoms with Crippen LogP contribution in [-0.2, 0) is 25.7 Å². The van der Waals surface area contributed by atoms with Crippen LogP contribution in [0.5, 0.6) is 11.5 Å². The largest absolute Gasteiger partial charge is 0.493 e. The number of carbonyl (C=O) groups excluding carboxylic acids is 3. The van der Waals surface area contributed by atoms with Crippen molar-refractivity contribution in [1.29, 1.82) is 0 Å². The van der Waals surface area contributed by atoms with Crippen molar-refractivity contribution in [1.82, 2.24) is 5.32 Å². The van der Waals surface area contributed by atoms with Crippen LogP contribution in [0.1, 0.15) is 35.7 Å². The van der Waals surface area contributed by atoms with Gasteiger partial charge in [-0.25, -0.2) is 4.79 Å². The van der Waals surface area contributed by atoms with Gasteiger partial charge in [0.1, 0.15) is 6.61 Å². The van der Waals surface area contributed by atoms with Crippen LogP contribution in [0, 0.1) is 0 Å². The van der Waals surface area contributed by atoms with Crippen LogP contribution in [0.4, 0.5) is 0 Å². The molecule has 0 fully saturated rings. The number of hydrogen-bond acceptors (Lipinski definition) is 7. The first-order valence-electron chi connectivity index (χ1n) is 10.1. The van der Waals surface area contributed by atoms with Gasteiger partial charge in [0.05, 0.1) is 19.3 Å². The van der Waals surface area contributed by atoms with Crippen molar-refractivity contribution in [2.24, 2.45) is 0 Å². The summed E-state index contributed by atoms with van der Waals surface area (Å²) in [6, 6.07) is 11.8. The molecule has 172 valence electrons. The van der Waals surface area contributed by atoms with Crippen molar-refractivity contribution in [3.63, 3.8) is 0 Å². The number of rotatable bonds is 12. The topological polar surface area (TPSA) is 100 Å². The maximum Gasteiger partial charge on any atom is 0.338 e. The molecule has 32 heavy (non-hydrogen) atoms. The Hall–Kier alpha value is -3.26. The lowest BCUT2D eigenvalue weighted by molar-refractivity contribution is -0.143. The number of ether oxygens (including phenoxy) is 4. The molecule has 0 atom stereocenters. The van der Waals surface area contributed by atoms with Crippen molar-refractivity contribution in [3.05, 3.63) is 58.6 Å². The minimum atomic E-state index is -0.672. The van der Waals surface area contributed by atoms with Crippen LogP contribution in [0.15, 0.2) is 42.5 Å². The molecule has 0 saturated heterocycles. The quantitative estimate of drug-likeness (QED) is 0.379. The summed E-state index contributed by atoms with van der Waals surface area (Å²) in [6.45, 7) is 2.19. The predicted octanol–water partition coefficient (Wildman–Crippen LogP) is 3.54. The summed E-state index contributed by atoms with van der Waals surface area (Å²) >= 11 is 5.88. The monoisotopic (exact) mass is 463 g/mol. The molecule has 0 bridgehead atoms. The molecule has 0 aliphatic rings. The van der Waals surface area contributed by atoms with E-state index in [0.29, 0.717) is 36.2 Å². The van der Waals surface area contributed by atoms with Gasteiger partial charge in [-0.15, -0.1) is 0 Å². The van der Waals surface area contributed by atoms with E-state index in [4.69, 9.17) is 30.5 Å². The first kappa shape index (κ1) is 25.0. The third-order valence-corrected chi connectivity index (χ3v) is 4.48. The van der Waals surface area contributed by atoms with Gasteiger partial charge in [-0.2, -0.15) is 0 Å². The highest BCUT2D eigenvalue weighted by Gasteiger charge is 2.14. The zero-order chi connectivity index (χ0) is 23.3. The summed E-state index contributed by atoms with van der Waals surface area (Å²) in [7, 11) is 1.46. The maximum absolute atomic E-state index is 12.3. The van der Waals surface area contributed by atoms with Crippen LogP contribution in [-0.4, -0.2) is 44.7 Å². The highest BCUT2D eigenvalue weighted by molar-refractivity contribution is 6.30. The highest BCUT2D eigenvalue weighted by Crippen LogP contribution is 2.29. The Morgan fingerprint density at radius 1 is 1.00 bits per heavy atom. The molecule has 0 spiro atoms. The Bertz CT molecular complexity index is 915. The van der Waals surface area contributed by atoms with Crippen molar-refractivity contribution in [3.8, 4) is 11.5 Å². The number of nitrogens with one attached hydrogen (secondary N) is 1. The number of esters is 2. The Balaban J connectivity index is 1.80. The number of amides is 1. The van der Waals surface area contributed by atoms with Crippen molar-refractivity contribution in [2.75, 3.05) is 26.9 Å². The molecule has 0 saturated carbocycles. The number of methoxy groups -OCH3 is 1. The zero-order valence-corrected chi connectivity index (χ0v) is 18.8. The van der Waals surface area contributed by atoms with Gasteiger partial charge in [0.15, 0.2) is 18.1 Å². The van der Waals surface area contributed by atoms with Gasteiger partial charge < -0.3 is 24.3 Å². The molecular weight excluding hydrogens is 438 g/mol. The number of benzene rings is 2. The average molecular weight is 464 g/mol. The molecular formula is C23H26ClNO7. The van der Waals surface area contributed by atoms with Gasteiger partial charge in [0.25, 0.3) is 5.91 Å². The van der Waals surface area contributed by atoms with Crippen LogP contribution < -0.4 is 14.8 Å². The summed E-state index contributed by atoms with van der Waals surface area (Å²) in [5, 5.41) is 3.22. The van der Waals surface area contributed by atoms with E-state index in [1.54, 1.807) is 25.1 Å². The Morgan fingerprint density at radius 2 is 1.75 bits per heavy atom. The molecule has 2 aromatic carbocycles. The molecule has 2 aromatic rings. The van der Waals surface area contributed by atoms with E-state index in [2.05, 4.69) is 5.32 Å². The predicted molar refractivity (Wildman–Crippen MR) is 118 cm³/mol. The zero-order valence-electron chi connectivity index (χ0n) is 18.0. The first-order valence-corrected chi connectivity index (χ1v) is 10.5. The minimum Gasteiger partial charge on any atom is -0.493 e. The van der Waals surface area contributed by atoms with E-state index < -0.39 is 18.5 Å². The Labute approximate surface area is 191 Å². The molecule has 0 aromatic heterocycles. The molecule has 1 amide bonds. The second kappa shape index (κ2) is 13.2. The molecule has 0 aliphatic heterocycles. The second-order valence-corrected chi connectivity index (χ2v) is 7.05. The summed E-state index contributed by atoms with van der Waals surface area (Å²) in [5.74, 6) is -0.635. The summed E-state index contributed by atoms with van der Waals surface area (Å²) in [5.41, 5.74) is 1.14. The molecule has 0 heterocycles. The third-order valence-electron chi connectivity index (χ3n) is 4.23. The molecule has 0 aliphatic carbocycles. The van der Waals surface area contributed by atoms with Gasteiger partial charge in [-0.1, -0.05) is 23.7 Å². The van der Waals surface area contributed by atoms with Gasteiger partial charge in [0, 0.05) is 18.0 Å². The van der Waals surface area contributed by atoms with Crippen molar-refractivity contribution >= 4 is 29.4 Å². The summed E-state index contributed by atoms with van der Waals surface area (Å²) in [4.78, 5) is 35.3. The van der Waals surface area contributed by atoms with Crippen LogP contribution in [0.25, 0.3) is 0 Å². The molecule has 8 nitrogen and oxygen atoms in total. The van der Waals surface area contributed by atoms with Gasteiger partial charge >= 0.3 is 11.9 Å². The molecule has 0 radical (unpaired) electrons. The fourth-order valence-electron chi connectivity index (χ4n) is 2.61. The van der Waals surface area contributed by atoms with Gasteiger partial charge in [0.2, 0.25) is 0 Å². The summed E-state index contributed by atoms with van der Waals surface area (Å²) in [6.07, 6.45) is 0.646. The van der Waals surface area contributed by atoms with Crippen LogP contribution in [0.2, 0.25) is 5.02 Å². The highest BCUT2D eigenvalue weighted by atomic mass is 35.5. The van der Waals surface area contributed by atoms with Crippen molar-refractivity contribution < 1.29 is 33.3 Å². The molecule has 0 unspecified atom stereocenters. The molecule has 1 N–H and O–H groups in total. The SMILES string of the molecule is CCOC(=O)CCCNC(=O)COC(=O)c1ccc(OCc2ccc(Cl)cc2)c(OC)c1. The van der Waals surface area contributed by atoms with Gasteiger partial charge in [-0.3, -0.25) is 9.59 Å². The lowest BCUT2D eigenvalue weighted by Gasteiger charge is -2.12. The fraction of sp³-hybridized carbons (Fsp3) is 0.348. The number of halogens is 1. The van der Waals surface area contributed by atoms with E-state index in [1.165, 1.54) is 19.2 Å². The van der Waals surface area contributed by atoms with E-state index in [0.717, 1.165) is 5.56 Å². The smallest absolute Gasteiger partial charge is 0.338 e. The third kappa shape index (κ3) is 8.47. The summed E-state index contributed by atoms with van der Waals surface area (Å²) < 4.78 is 20.9. The Morgan fingerprint density at radius 3 is 2.44 bits per heavy atom. The number of carbonyl (C=O) groups is 3. The van der Waals surface area contributed by atoms with Gasteiger partial charge in [-0.05, 0) is 49.2 Å². The van der Waals surface area contributed by atoms with Crippen LogP contribution >= 0.6 is 11.6 Å². The molecule has 9 heteroatoms. The van der Waals surface area contributed by atoms with Crippen LogP contribution in [0.3, 0.4) is 0 Å². The van der Waals surface area contributed by atoms with E-state index in [1.807, 2.05) is 12.1 Å². The van der Waals surface area contributed by atoms with E-state index in [9.17, 15) is 14.4 Å². The maximum atomic E-state index is 12.3. The van der Waals surface area contributed by atoms with Crippen molar-refractivity contribution in [2.45, 2.75) is 26.4 Å². The number of hydrogen-bond donors (Lipinski definition) is 1.